The molecule has 1 unspecified atom stereocenters. The Labute approximate surface area is 41.1 Å². The summed E-state index contributed by atoms with van der Waals surface area (Å²) in [5.74, 6) is 1.04. The van der Waals surface area contributed by atoms with Gasteiger partial charge in [0.1, 0.15) is 6.23 Å². The normalized spacial score (nSPS) is 34.5. The van der Waals surface area contributed by atoms with Gasteiger partial charge in [-0.3, -0.25) is 0 Å². The number of nitrogens with one attached hydrogen (secondary N) is 1. The van der Waals surface area contributed by atoms with Crippen molar-refractivity contribution in [3.8, 4) is 0 Å². The fourth-order valence-corrected chi connectivity index (χ4v) is 1.15. The van der Waals surface area contributed by atoms with Crippen molar-refractivity contribution in [1.82, 2.24) is 4.72 Å². The smallest absolute Gasteiger partial charge is 0.114 e. The minimum atomic E-state index is -0.241. The van der Waals surface area contributed by atoms with Gasteiger partial charge in [-0.1, -0.05) is 11.9 Å². The topological polar surface area (TPSA) is 32.3 Å². The lowest BCUT2D eigenvalue weighted by atomic mass is 10.5. The van der Waals surface area contributed by atoms with Crippen LogP contribution in [0.15, 0.2) is 0 Å². The summed E-state index contributed by atoms with van der Waals surface area (Å²) in [6.07, 6.45) is 0.653. The lowest BCUT2D eigenvalue weighted by molar-refractivity contribution is 0.172. The molecule has 6 heavy (non-hydrogen) atoms. The van der Waals surface area contributed by atoms with E-state index in [1.165, 1.54) is 0 Å². The first-order chi connectivity index (χ1) is 2.89. The van der Waals surface area contributed by atoms with Gasteiger partial charge in [0.25, 0.3) is 0 Å². The van der Waals surface area contributed by atoms with Gasteiger partial charge in [-0.25, -0.2) is 4.72 Å². The first kappa shape index (κ1) is 4.43. The molecule has 1 atom stereocenters. The van der Waals surface area contributed by atoms with Crippen LogP contribution in [0.5, 0.6) is 0 Å². The average molecular weight is 105 g/mol. The molecule has 0 aromatic rings. The molecule has 1 heterocycles. The Morgan fingerprint density at radius 1 is 1.83 bits per heavy atom. The van der Waals surface area contributed by atoms with Crippen LogP contribution in [0.4, 0.5) is 0 Å². The molecular formula is C3H7NOS. The zero-order chi connectivity index (χ0) is 4.41. The zero-order valence-corrected chi connectivity index (χ0v) is 4.16. The van der Waals surface area contributed by atoms with Crippen LogP contribution < -0.4 is 4.72 Å². The van der Waals surface area contributed by atoms with Gasteiger partial charge in [0.15, 0.2) is 0 Å². The third kappa shape index (κ3) is 0.864. The molecule has 3 heteroatoms. The quantitative estimate of drug-likeness (QED) is 0.423. The number of aliphatic hydroxyl groups is 1. The van der Waals surface area contributed by atoms with Crippen LogP contribution in [-0.2, 0) is 0 Å². The van der Waals surface area contributed by atoms with Crippen molar-refractivity contribution in [1.29, 1.82) is 0 Å². The summed E-state index contributed by atoms with van der Waals surface area (Å²) in [6.45, 7) is 0. The molecule has 0 aromatic carbocycles. The van der Waals surface area contributed by atoms with Crippen LogP contribution in [-0.4, -0.2) is 17.1 Å². The highest BCUT2D eigenvalue weighted by molar-refractivity contribution is 7.97. The highest BCUT2D eigenvalue weighted by Crippen LogP contribution is 2.08. The minimum Gasteiger partial charge on any atom is -0.378 e. The molecule has 0 aliphatic carbocycles. The van der Waals surface area contributed by atoms with Crippen LogP contribution in [0.1, 0.15) is 6.42 Å². The Morgan fingerprint density at radius 2 is 2.67 bits per heavy atom. The highest BCUT2D eigenvalue weighted by Gasteiger charge is 2.08. The monoisotopic (exact) mass is 105 g/mol. The van der Waals surface area contributed by atoms with E-state index in [2.05, 4.69) is 4.72 Å². The van der Waals surface area contributed by atoms with E-state index in [-0.39, 0.29) is 6.23 Å². The summed E-state index contributed by atoms with van der Waals surface area (Å²) in [4.78, 5) is 0. The van der Waals surface area contributed by atoms with Crippen LogP contribution in [0, 0.1) is 0 Å². The number of aliphatic hydroxyl groups excluding tert-OH is 1. The molecule has 0 bridgehead atoms. The molecule has 0 saturated carbocycles. The van der Waals surface area contributed by atoms with Crippen molar-refractivity contribution in [3.63, 3.8) is 0 Å². The van der Waals surface area contributed by atoms with E-state index in [9.17, 15) is 0 Å². The lowest BCUT2D eigenvalue weighted by Gasteiger charge is -1.93. The van der Waals surface area contributed by atoms with Crippen molar-refractivity contribution in [2.45, 2.75) is 12.6 Å². The summed E-state index contributed by atoms with van der Waals surface area (Å²) in [5.41, 5.74) is 0. The van der Waals surface area contributed by atoms with E-state index in [0.717, 1.165) is 12.2 Å². The Bertz CT molecular complexity index is 44.1. The number of rotatable bonds is 0. The largest absolute Gasteiger partial charge is 0.378 e. The molecule has 1 aliphatic heterocycles. The molecule has 2 N–H and O–H groups in total. The molecule has 0 aromatic heterocycles. The number of hydrogen-bond acceptors (Lipinski definition) is 3. The van der Waals surface area contributed by atoms with Gasteiger partial charge in [0.05, 0.1) is 0 Å². The summed E-state index contributed by atoms with van der Waals surface area (Å²) in [6, 6.07) is 0. The third-order valence-corrected chi connectivity index (χ3v) is 1.59. The van der Waals surface area contributed by atoms with Crippen molar-refractivity contribution in [2.75, 3.05) is 5.75 Å². The molecule has 1 aliphatic rings. The SMILES string of the molecule is OC1CCSN1. The maximum Gasteiger partial charge on any atom is 0.114 e. The Balaban J connectivity index is 2.18. The van der Waals surface area contributed by atoms with Crippen molar-refractivity contribution >= 4 is 11.9 Å². The number of hydrogen-bond donors (Lipinski definition) is 2. The second-order valence-electron chi connectivity index (χ2n) is 1.27. The zero-order valence-electron chi connectivity index (χ0n) is 3.35. The molecule has 1 rings (SSSR count). The molecule has 36 valence electrons. The van der Waals surface area contributed by atoms with E-state index < -0.39 is 0 Å². The van der Waals surface area contributed by atoms with Gasteiger partial charge < -0.3 is 5.11 Å². The van der Waals surface area contributed by atoms with E-state index in [1.54, 1.807) is 11.9 Å². The van der Waals surface area contributed by atoms with E-state index in [0.29, 0.717) is 0 Å². The molecule has 2 nitrogen and oxygen atoms in total. The van der Waals surface area contributed by atoms with E-state index in [4.69, 9.17) is 5.11 Å². The lowest BCUT2D eigenvalue weighted by Crippen LogP contribution is -2.13. The molecule has 0 spiro atoms. The van der Waals surface area contributed by atoms with Gasteiger partial charge in [-0.15, -0.1) is 0 Å². The molecule has 1 fully saturated rings. The highest BCUT2D eigenvalue weighted by atomic mass is 32.2. The van der Waals surface area contributed by atoms with Gasteiger partial charge in [0, 0.05) is 5.75 Å². The third-order valence-electron chi connectivity index (χ3n) is 0.713. The first-order valence-electron chi connectivity index (χ1n) is 1.95. The Morgan fingerprint density at radius 3 is 2.83 bits per heavy atom. The minimum absolute atomic E-state index is 0.241. The van der Waals surface area contributed by atoms with Crippen LogP contribution in [0.25, 0.3) is 0 Å². The van der Waals surface area contributed by atoms with Gasteiger partial charge in [-0.2, -0.15) is 0 Å². The summed E-state index contributed by atoms with van der Waals surface area (Å²) >= 11 is 1.58. The fourth-order valence-electron chi connectivity index (χ4n) is 0.385. The van der Waals surface area contributed by atoms with Crippen LogP contribution in [0.2, 0.25) is 0 Å². The molecular weight excluding hydrogens is 98.1 g/mol. The van der Waals surface area contributed by atoms with Crippen LogP contribution in [0.3, 0.4) is 0 Å². The fraction of sp³-hybridized carbons (Fsp3) is 1.00. The molecule has 0 radical (unpaired) electrons. The standard InChI is InChI=1S/C3H7NOS/c5-3-1-2-6-4-3/h3-5H,1-2H2. The summed E-state index contributed by atoms with van der Waals surface area (Å²) < 4.78 is 2.79. The maximum atomic E-state index is 8.60. The van der Waals surface area contributed by atoms with Gasteiger partial charge >= 0.3 is 0 Å². The Hall–Kier alpha value is 0.270. The van der Waals surface area contributed by atoms with Crippen molar-refractivity contribution in [3.05, 3.63) is 0 Å². The van der Waals surface area contributed by atoms with Crippen LogP contribution >= 0.6 is 11.9 Å². The van der Waals surface area contributed by atoms with Gasteiger partial charge in [0.2, 0.25) is 0 Å². The second kappa shape index (κ2) is 1.82. The molecule has 0 amide bonds. The Kier molecular flexibility index (Phi) is 1.34. The van der Waals surface area contributed by atoms with E-state index in [1.807, 2.05) is 0 Å². The predicted octanol–water partition coefficient (Wildman–Crippen LogP) is -0.0537. The summed E-state index contributed by atoms with van der Waals surface area (Å²) in [5, 5.41) is 8.60. The second-order valence-corrected chi connectivity index (χ2v) is 2.20. The van der Waals surface area contributed by atoms with Crippen molar-refractivity contribution < 1.29 is 5.11 Å². The van der Waals surface area contributed by atoms with E-state index >= 15 is 0 Å². The average Bonchev–Trinajstić information content (AvgIpc) is 1.86. The summed E-state index contributed by atoms with van der Waals surface area (Å²) in [7, 11) is 0. The van der Waals surface area contributed by atoms with Gasteiger partial charge in [-0.05, 0) is 6.42 Å². The predicted molar refractivity (Wildman–Crippen MR) is 26.2 cm³/mol. The van der Waals surface area contributed by atoms with Crippen molar-refractivity contribution in [2.24, 2.45) is 0 Å². The first-order valence-corrected chi connectivity index (χ1v) is 2.93. The maximum absolute atomic E-state index is 8.60. The molecule has 1 saturated heterocycles.